The van der Waals surface area contributed by atoms with Crippen molar-refractivity contribution in [2.45, 2.75) is 33.1 Å². The first-order chi connectivity index (χ1) is 8.29. The molecule has 0 radical (unpaired) electrons. The first-order valence-electron chi connectivity index (χ1n) is 6.59. The summed E-state index contributed by atoms with van der Waals surface area (Å²) in [5, 5.41) is 6.62. The smallest absolute Gasteiger partial charge is 0.131 e. The van der Waals surface area contributed by atoms with Crippen molar-refractivity contribution in [3.63, 3.8) is 0 Å². The normalized spacial score (nSPS) is 23.6. The van der Waals surface area contributed by atoms with E-state index in [1.54, 1.807) is 6.33 Å². The summed E-state index contributed by atoms with van der Waals surface area (Å²) in [4.78, 5) is 8.41. The number of rotatable bonds is 5. The fourth-order valence-electron chi connectivity index (χ4n) is 2.49. The van der Waals surface area contributed by atoms with Crippen molar-refractivity contribution in [2.24, 2.45) is 11.8 Å². The number of hydrogen-bond acceptors (Lipinski definition) is 4. The Labute approximate surface area is 103 Å². The van der Waals surface area contributed by atoms with E-state index in [0.717, 1.165) is 36.6 Å². The largest absolute Gasteiger partial charge is 0.370 e. The van der Waals surface area contributed by atoms with Crippen molar-refractivity contribution >= 4 is 11.6 Å². The minimum Gasteiger partial charge on any atom is -0.370 e. The molecule has 0 amide bonds. The van der Waals surface area contributed by atoms with Gasteiger partial charge in [0.25, 0.3) is 0 Å². The molecule has 1 heterocycles. The molecule has 4 heteroatoms. The molecule has 94 valence electrons. The maximum absolute atomic E-state index is 4.25. The first-order valence-corrected chi connectivity index (χ1v) is 6.59. The molecule has 1 aliphatic carbocycles. The summed E-state index contributed by atoms with van der Waals surface area (Å²) < 4.78 is 0. The molecule has 1 fully saturated rings. The molecule has 1 aromatic heterocycles. The van der Waals surface area contributed by atoms with Crippen LogP contribution in [0.2, 0.25) is 0 Å². The Kier molecular flexibility index (Phi) is 4.18. The SMILES string of the molecule is CCNc1cc(NCC2CCCC2C)ncn1. The highest BCUT2D eigenvalue weighted by Crippen LogP contribution is 2.31. The zero-order valence-electron chi connectivity index (χ0n) is 10.7. The summed E-state index contributed by atoms with van der Waals surface area (Å²) in [6.45, 7) is 6.33. The number of nitrogens with one attached hydrogen (secondary N) is 2. The van der Waals surface area contributed by atoms with Crippen molar-refractivity contribution in [1.29, 1.82) is 0 Å². The summed E-state index contributed by atoms with van der Waals surface area (Å²) in [5.41, 5.74) is 0. The Morgan fingerprint density at radius 2 is 2.00 bits per heavy atom. The predicted octanol–water partition coefficient (Wildman–Crippen LogP) is 2.76. The first kappa shape index (κ1) is 12.1. The van der Waals surface area contributed by atoms with Crippen molar-refractivity contribution in [3.8, 4) is 0 Å². The number of aromatic nitrogens is 2. The number of nitrogens with zero attached hydrogens (tertiary/aromatic N) is 2. The molecule has 1 aliphatic rings. The molecule has 1 aromatic rings. The van der Waals surface area contributed by atoms with Crippen LogP contribution in [0.4, 0.5) is 11.6 Å². The van der Waals surface area contributed by atoms with Crippen LogP contribution in [0.3, 0.4) is 0 Å². The van der Waals surface area contributed by atoms with Crippen LogP contribution in [0.1, 0.15) is 33.1 Å². The molecule has 2 N–H and O–H groups in total. The van der Waals surface area contributed by atoms with E-state index in [0.29, 0.717) is 0 Å². The van der Waals surface area contributed by atoms with Gasteiger partial charge in [-0.25, -0.2) is 9.97 Å². The molecule has 1 saturated carbocycles. The Morgan fingerprint density at radius 3 is 2.65 bits per heavy atom. The van der Waals surface area contributed by atoms with E-state index in [1.807, 2.05) is 6.07 Å². The molecule has 4 nitrogen and oxygen atoms in total. The second kappa shape index (κ2) is 5.84. The van der Waals surface area contributed by atoms with Crippen molar-refractivity contribution < 1.29 is 0 Å². The van der Waals surface area contributed by atoms with Crippen molar-refractivity contribution in [2.75, 3.05) is 23.7 Å². The summed E-state index contributed by atoms with van der Waals surface area (Å²) in [6.07, 6.45) is 5.70. The fourth-order valence-corrected chi connectivity index (χ4v) is 2.49. The third-order valence-electron chi connectivity index (χ3n) is 3.61. The van der Waals surface area contributed by atoms with Crippen LogP contribution in [0.5, 0.6) is 0 Å². The zero-order valence-corrected chi connectivity index (χ0v) is 10.7. The van der Waals surface area contributed by atoms with Crippen molar-refractivity contribution in [3.05, 3.63) is 12.4 Å². The van der Waals surface area contributed by atoms with Gasteiger partial charge in [0.2, 0.25) is 0 Å². The number of hydrogen-bond donors (Lipinski definition) is 2. The van der Waals surface area contributed by atoms with E-state index < -0.39 is 0 Å². The Balaban J connectivity index is 1.87. The molecular formula is C13H22N4. The third kappa shape index (κ3) is 3.32. The molecule has 2 rings (SSSR count). The highest BCUT2D eigenvalue weighted by molar-refractivity contribution is 5.46. The lowest BCUT2D eigenvalue weighted by molar-refractivity contribution is 0.439. The minimum absolute atomic E-state index is 0.799. The highest BCUT2D eigenvalue weighted by Gasteiger charge is 2.22. The van der Waals surface area contributed by atoms with Crippen LogP contribution >= 0.6 is 0 Å². The van der Waals surface area contributed by atoms with Gasteiger partial charge < -0.3 is 10.6 Å². The molecule has 0 bridgehead atoms. The lowest BCUT2D eigenvalue weighted by Gasteiger charge is -2.16. The van der Waals surface area contributed by atoms with Crippen LogP contribution in [0.25, 0.3) is 0 Å². The highest BCUT2D eigenvalue weighted by atomic mass is 15.1. The maximum Gasteiger partial charge on any atom is 0.131 e. The lowest BCUT2D eigenvalue weighted by Crippen LogP contribution is -2.17. The summed E-state index contributed by atoms with van der Waals surface area (Å²) in [7, 11) is 0. The van der Waals surface area contributed by atoms with Gasteiger partial charge in [-0.1, -0.05) is 19.8 Å². The monoisotopic (exact) mass is 234 g/mol. The standard InChI is InChI=1S/C13H22N4/c1-3-14-12-7-13(17-9-16-12)15-8-11-6-4-5-10(11)2/h7,9-11H,3-6,8H2,1-2H3,(H2,14,15,16,17). The molecular weight excluding hydrogens is 212 g/mol. The predicted molar refractivity (Wildman–Crippen MR) is 71.2 cm³/mol. The van der Waals surface area contributed by atoms with Gasteiger partial charge >= 0.3 is 0 Å². The molecule has 0 aliphatic heterocycles. The summed E-state index contributed by atoms with van der Waals surface area (Å²) in [5.74, 6) is 3.46. The van der Waals surface area contributed by atoms with E-state index in [-0.39, 0.29) is 0 Å². The van der Waals surface area contributed by atoms with Gasteiger partial charge in [-0.3, -0.25) is 0 Å². The van der Waals surface area contributed by atoms with E-state index in [1.165, 1.54) is 19.3 Å². The second-order valence-corrected chi connectivity index (χ2v) is 4.87. The minimum atomic E-state index is 0.799. The van der Waals surface area contributed by atoms with E-state index in [4.69, 9.17) is 0 Å². The van der Waals surface area contributed by atoms with Gasteiger partial charge in [0, 0.05) is 19.2 Å². The van der Waals surface area contributed by atoms with E-state index in [9.17, 15) is 0 Å². The van der Waals surface area contributed by atoms with E-state index in [2.05, 4.69) is 34.4 Å². The quantitative estimate of drug-likeness (QED) is 0.822. The third-order valence-corrected chi connectivity index (χ3v) is 3.61. The molecule has 2 atom stereocenters. The van der Waals surface area contributed by atoms with Gasteiger partial charge in [0.05, 0.1) is 0 Å². The average Bonchev–Trinajstić information content (AvgIpc) is 2.73. The van der Waals surface area contributed by atoms with Crippen LogP contribution in [-0.2, 0) is 0 Å². The second-order valence-electron chi connectivity index (χ2n) is 4.87. The molecule has 2 unspecified atom stereocenters. The van der Waals surface area contributed by atoms with Gasteiger partial charge in [-0.05, 0) is 25.2 Å². The maximum atomic E-state index is 4.25. The van der Waals surface area contributed by atoms with Gasteiger partial charge in [-0.15, -0.1) is 0 Å². The van der Waals surface area contributed by atoms with Crippen LogP contribution < -0.4 is 10.6 Å². The Morgan fingerprint density at radius 1 is 1.24 bits per heavy atom. The average molecular weight is 234 g/mol. The molecule has 0 spiro atoms. The van der Waals surface area contributed by atoms with Gasteiger partial charge in [0.15, 0.2) is 0 Å². The summed E-state index contributed by atoms with van der Waals surface area (Å²) in [6, 6.07) is 1.98. The fraction of sp³-hybridized carbons (Fsp3) is 0.692. The molecule has 0 saturated heterocycles. The van der Waals surface area contributed by atoms with E-state index >= 15 is 0 Å². The van der Waals surface area contributed by atoms with Gasteiger partial charge in [0.1, 0.15) is 18.0 Å². The Hall–Kier alpha value is -1.32. The Bertz CT molecular complexity index is 353. The zero-order chi connectivity index (χ0) is 12.1. The lowest BCUT2D eigenvalue weighted by atomic mass is 9.98. The van der Waals surface area contributed by atoms with Crippen LogP contribution in [0.15, 0.2) is 12.4 Å². The summed E-state index contributed by atoms with van der Waals surface area (Å²) >= 11 is 0. The molecule has 0 aromatic carbocycles. The molecule has 17 heavy (non-hydrogen) atoms. The van der Waals surface area contributed by atoms with Crippen LogP contribution in [0, 0.1) is 11.8 Å². The number of anilines is 2. The van der Waals surface area contributed by atoms with Gasteiger partial charge in [-0.2, -0.15) is 0 Å². The topological polar surface area (TPSA) is 49.8 Å². The van der Waals surface area contributed by atoms with Crippen LogP contribution in [-0.4, -0.2) is 23.1 Å². The van der Waals surface area contributed by atoms with Crippen molar-refractivity contribution in [1.82, 2.24) is 9.97 Å².